The van der Waals surface area contributed by atoms with Crippen LogP contribution in [0.4, 0.5) is 0 Å². The Labute approximate surface area is 54.1 Å². The van der Waals surface area contributed by atoms with E-state index in [0.29, 0.717) is 0 Å². The second kappa shape index (κ2) is 3.38. The first-order valence-electron chi connectivity index (χ1n) is 2.65. The molecule has 0 amide bonds. The SMILES string of the molecule is CC(C)(C[O-])OC[N+]#N. The molecule has 0 rings (SSSR count). The Hall–Kier alpha value is -0.660. The molecule has 0 aliphatic heterocycles. The van der Waals surface area contributed by atoms with E-state index in [9.17, 15) is 5.11 Å². The van der Waals surface area contributed by atoms with E-state index in [4.69, 9.17) is 10.1 Å². The minimum Gasteiger partial charge on any atom is -0.852 e. The fourth-order valence-electron chi connectivity index (χ4n) is 0.245. The number of rotatable bonds is 3. The van der Waals surface area contributed by atoms with Crippen molar-refractivity contribution in [2.24, 2.45) is 0 Å². The van der Waals surface area contributed by atoms with Crippen molar-refractivity contribution in [3.8, 4) is 0 Å². The van der Waals surface area contributed by atoms with E-state index in [1.807, 2.05) is 0 Å². The van der Waals surface area contributed by atoms with Gasteiger partial charge in [-0.2, -0.15) is 0 Å². The Morgan fingerprint density at radius 1 is 1.67 bits per heavy atom. The summed E-state index contributed by atoms with van der Waals surface area (Å²) >= 11 is 0. The molecule has 0 fully saturated rings. The Morgan fingerprint density at radius 3 is 2.56 bits per heavy atom. The van der Waals surface area contributed by atoms with Gasteiger partial charge in [-0.05, 0) is 13.8 Å². The first-order valence-corrected chi connectivity index (χ1v) is 2.65. The topological polar surface area (TPSA) is 60.4 Å². The van der Waals surface area contributed by atoms with E-state index in [2.05, 4.69) is 4.98 Å². The molecule has 0 bridgehead atoms. The summed E-state index contributed by atoms with van der Waals surface area (Å²) < 4.78 is 4.80. The van der Waals surface area contributed by atoms with E-state index in [1.165, 1.54) is 0 Å². The van der Waals surface area contributed by atoms with Gasteiger partial charge in [0.2, 0.25) is 5.39 Å². The van der Waals surface area contributed by atoms with Gasteiger partial charge in [-0.15, -0.1) is 6.61 Å². The summed E-state index contributed by atoms with van der Waals surface area (Å²) in [5.41, 5.74) is -0.716. The second-order valence-corrected chi connectivity index (χ2v) is 2.32. The van der Waals surface area contributed by atoms with Crippen LogP contribution in [0.3, 0.4) is 0 Å². The normalized spacial score (nSPS) is 10.9. The van der Waals surface area contributed by atoms with Crippen molar-refractivity contribution in [2.75, 3.05) is 13.3 Å². The first kappa shape index (κ1) is 8.34. The molecule has 0 aromatic heterocycles. The second-order valence-electron chi connectivity index (χ2n) is 2.32. The van der Waals surface area contributed by atoms with Crippen molar-refractivity contribution in [2.45, 2.75) is 19.4 Å². The average molecular weight is 130 g/mol. The first-order chi connectivity index (χ1) is 4.12. The van der Waals surface area contributed by atoms with Crippen LogP contribution in [-0.2, 0) is 4.74 Å². The summed E-state index contributed by atoms with van der Waals surface area (Å²) in [6.45, 7) is 2.83. The lowest BCUT2D eigenvalue weighted by molar-refractivity contribution is -0.398. The molecule has 52 valence electrons. The highest BCUT2D eigenvalue weighted by Crippen LogP contribution is 2.04. The number of hydrogen-bond donors (Lipinski definition) is 0. The van der Waals surface area contributed by atoms with E-state index < -0.39 is 5.60 Å². The number of hydrogen-bond acceptors (Lipinski definition) is 3. The molecule has 0 aromatic rings. The summed E-state index contributed by atoms with van der Waals surface area (Å²) in [7, 11) is 0. The molecule has 0 N–H and O–H groups in total. The van der Waals surface area contributed by atoms with Crippen LogP contribution in [0.2, 0.25) is 0 Å². The van der Waals surface area contributed by atoms with E-state index in [0.717, 1.165) is 0 Å². The highest BCUT2D eigenvalue weighted by Gasteiger charge is 2.14. The summed E-state index contributed by atoms with van der Waals surface area (Å²) in [4.78, 5) is 2.71. The number of diazo groups is 1. The summed E-state index contributed by atoms with van der Waals surface area (Å²) in [6.07, 6.45) is 0. The molecule has 9 heavy (non-hydrogen) atoms. The monoisotopic (exact) mass is 130 g/mol. The predicted molar refractivity (Wildman–Crippen MR) is 30.0 cm³/mol. The molecule has 0 atom stereocenters. The largest absolute Gasteiger partial charge is 0.852 e. The van der Waals surface area contributed by atoms with Crippen LogP contribution in [0.1, 0.15) is 13.8 Å². The van der Waals surface area contributed by atoms with Crippen molar-refractivity contribution in [1.82, 2.24) is 0 Å². The van der Waals surface area contributed by atoms with Crippen molar-refractivity contribution in [1.29, 1.82) is 5.39 Å². The van der Waals surface area contributed by atoms with Gasteiger partial charge in [-0.3, -0.25) is 0 Å². The van der Waals surface area contributed by atoms with Crippen LogP contribution in [0.5, 0.6) is 0 Å². The fourth-order valence-corrected chi connectivity index (χ4v) is 0.245. The molecular weight excluding hydrogens is 120 g/mol. The van der Waals surface area contributed by atoms with Gasteiger partial charge in [0.25, 0.3) is 0 Å². The van der Waals surface area contributed by atoms with Gasteiger partial charge in [0.05, 0.1) is 5.60 Å². The summed E-state index contributed by atoms with van der Waals surface area (Å²) in [5.74, 6) is 0. The van der Waals surface area contributed by atoms with Gasteiger partial charge >= 0.3 is 6.73 Å². The standard InChI is InChI=1S/C5H10N2O2/c1-5(2,3-8)9-4-7-6/h3-4H2,1-2H3. The van der Waals surface area contributed by atoms with Gasteiger partial charge in [-0.25, -0.2) is 0 Å². The third kappa shape index (κ3) is 3.88. The van der Waals surface area contributed by atoms with E-state index in [1.54, 1.807) is 13.8 Å². The van der Waals surface area contributed by atoms with Gasteiger partial charge in [0, 0.05) is 0 Å². The minimum atomic E-state index is -0.716. The summed E-state index contributed by atoms with van der Waals surface area (Å²) in [6, 6.07) is 0. The van der Waals surface area contributed by atoms with Gasteiger partial charge in [0.1, 0.15) is 4.98 Å². The maximum Gasteiger partial charge on any atom is 0.410 e. The Kier molecular flexibility index (Phi) is 3.13. The Balaban J connectivity index is 3.48. The Bertz CT molecular complexity index is 117. The van der Waals surface area contributed by atoms with Crippen molar-refractivity contribution < 1.29 is 9.84 Å². The molecule has 4 nitrogen and oxygen atoms in total. The molecule has 0 spiro atoms. The molecular formula is C5H10N2O2. The molecule has 0 aromatic carbocycles. The molecule has 0 unspecified atom stereocenters. The molecule has 0 saturated heterocycles. The third-order valence-electron chi connectivity index (χ3n) is 0.861. The van der Waals surface area contributed by atoms with Crippen LogP contribution in [0.15, 0.2) is 0 Å². The number of nitrogens with zero attached hydrogens (tertiary/aromatic N) is 2. The van der Waals surface area contributed by atoms with Gasteiger partial charge in [0.15, 0.2) is 0 Å². The molecule has 0 heterocycles. The van der Waals surface area contributed by atoms with Crippen LogP contribution < -0.4 is 5.11 Å². The zero-order valence-electron chi connectivity index (χ0n) is 5.63. The summed E-state index contributed by atoms with van der Waals surface area (Å²) in [5, 5.41) is 18.1. The minimum absolute atomic E-state index is 0.130. The van der Waals surface area contributed by atoms with E-state index >= 15 is 0 Å². The highest BCUT2D eigenvalue weighted by atomic mass is 16.5. The molecule has 0 aliphatic rings. The lowest BCUT2D eigenvalue weighted by atomic mass is 10.2. The third-order valence-corrected chi connectivity index (χ3v) is 0.861. The zero-order valence-corrected chi connectivity index (χ0v) is 5.63. The van der Waals surface area contributed by atoms with Crippen LogP contribution in [0, 0.1) is 5.39 Å². The van der Waals surface area contributed by atoms with Crippen molar-refractivity contribution in [3.05, 3.63) is 4.98 Å². The quantitative estimate of drug-likeness (QED) is 0.503. The van der Waals surface area contributed by atoms with Crippen molar-refractivity contribution in [3.63, 3.8) is 0 Å². The molecule has 0 radical (unpaired) electrons. The zero-order chi connectivity index (χ0) is 7.33. The molecule has 0 saturated carbocycles. The van der Waals surface area contributed by atoms with Crippen LogP contribution in [0.25, 0.3) is 4.98 Å². The van der Waals surface area contributed by atoms with Crippen molar-refractivity contribution >= 4 is 0 Å². The average Bonchev–Trinajstić information content (AvgIpc) is 1.84. The van der Waals surface area contributed by atoms with Crippen LogP contribution >= 0.6 is 0 Å². The predicted octanol–water partition coefficient (Wildman–Crippen LogP) is -0.0475. The molecule has 4 heteroatoms. The smallest absolute Gasteiger partial charge is 0.410 e. The lowest BCUT2D eigenvalue weighted by Gasteiger charge is -2.24. The highest BCUT2D eigenvalue weighted by molar-refractivity contribution is 4.65. The fraction of sp³-hybridized carbons (Fsp3) is 1.00. The van der Waals surface area contributed by atoms with Gasteiger partial charge < -0.3 is 9.84 Å². The number of ether oxygens (including phenoxy) is 1. The van der Waals surface area contributed by atoms with E-state index in [-0.39, 0.29) is 13.3 Å². The van der Waals surface area contributed by atoms with Gasteiger partial charge in [-0.1, -0.05) is 0 Å². The Morgan fingerprint density at radius 2 is 2.22 bits per heavy atom. The maximum absolute atomic E-state index is 10.2. The lowest BCUT2D eigenvalue weighted by Crippen LogP contribution is -2.36. The molecule has 0 aliphatic carbocycles. The maximum atomic E-state index is 10.2. The van der Waals surface area contributed by atoms with Crippen LogP contribution in [-0.4, -0.2) is 18.9 Å².